The lowest BCUT2D eigenvalue weighted by molar-refractivity contribution is 1.37. The van der Waals surface area contributed by atoms with Crippen LogP contribution in [0.15, 0.2) is 103 Å². The zero-order chi connectivity index (χ0) is 15.2. The molecule has 20 heavy (non-hydrogen) atoms. The number of thioether (sulfide) groups is 1. The maximum atomic E-state index is 4.47. The summed E-state index contributed by atoms with van der Waals surface area (Å²) in [6.45, 7) is 18.8. The Morgan fingerprint density at radius 2 is 1.85 bits per heavy atom. The molecule has 104 valence electrons. The van der Waals surface area contributed by atoms with E-state index >= 15 is 0 Å². The molecule has 0 aliphatic carbocycles. The summed E-state index contributed by atoms with van der Waals surface area (Å²) in [7, 11) is 0. The van der Waals surface area contributed by atoms with E-state index in [-0.39, 0.29) is 0 Å². The molecule has 0 amide bonds. The van der Waals surface area contributed by atoms with E-state index in [1.807, 2.05) is 30.4 Å². The van der Waals surface area contributed by atoms with Gasteiger partial charge in [-0.3, -0.25) is 4.99 Å². The van der Waals surface area contributed by atoms with E-state index in [4.69, 9.17) is 0 Å². The fraction of sp³-hybridized carbons (Fsp3) is 0.0556. The van der Waals surface area contributed by atoms with Gasteiger partial charge in [-0.15, -0.1) is 6.58 Å². The van der Waals surface area contributed by atoms with Crippen molar-refractivity contribution in [1.82, 2.24) is 0 Å². The van der Waals surface area contributed by atoms with Gasteiger partial charge >= 0.3 is 0 Å². The van der Waals surface area contributed by atoms with Gasteiger partial charge in [0, 0.05) is 16.7 Å². The first-order valence-electron chi connectivity index (χ1n) is 6.14. The minimum Gasteiger partial charge on any atom is -0.255 e. The molecular weight excluding hydrogens is 262 g/mol. The highest BCUT2D eigenvalue weighted by Gasteiger charge is 2.07. The molecule has 0 bridgehead atoms. The maximum Gasteiger partial charge on any atom is 0.0834 e. The highest BCUT2D eigenvalue weighted by atomic mass is 32.2. The van der Waals surface area contributed by atoms with E-state index in [0.717, 1.165) is 22.6 Å². The number of rotatable bonds is 10. The molecule has 0 aliphatic heterocycles. The van der Waals surface area contributed by atoms with E-state index in [9.17, 15) is 0 Å². The molecule has 0 spiro atoms. The third-order valence-corrected chi connectivity index (χ3v) is 2.73. The molecule has 0 saturated carbocycles. The second-order valence-electron chi connectivity index (χ2n) is 3.55. The van der Waals surface area contributed by atoms with Crippen LogP contribution in [0.3, 0.4) is 0 Å². The zero-order valence-corrected chi connectivity index (χ0v) is 12.6. The van der Waals surface area contributed by atoms with Gasteiger partial charge in [0.15, 0.2) is 0 Å². The Morgan fingerprint density at radius 3 is 2.40 bits per heavy atom. The molecule has 0 atom stereocenters. The molecule has 0 rings (SSSR count). The molecular formula is C18H21NS. The van der Waals surface area contributed by atoms with Crippen molar-refractivity contribution in [3.8, 4) is 0 Å². The van der Waals surface area contributed by atoms with Crippen LogP contribution in [-0.4, -0.2) is 5.71 Å². The van der Waals surface area contributed by atoms with Gasteiger partial charge in [0.25, 0.3) is 0 Å². The Morgan fingerprint density at radius 1 is 1.10 bits per heavy atom. The Hall–Kier alpha value is -2.06. The van der Waals surface area contributed by atoms with Crippen molar-refractivity contribution < 1.29 is 0 Å². The van der Waals surface area contributed by atoms with Crippen LogP contribution >= 0.6 is 11.8 Å². The first kappa shape index (κ1) is 17.9. The average Bonchev–Trinajstić information content (AvgIpc) is 2.44. The molecule has 0 unspecified atom stereocenters. The monoisotopic (exact) mass is 283 g/mol. The standard InChI is InChI=1S/C18H21NS/c1-6-10-12-15-19-18(16(5)20-9-4)17(13-8-3)14-11-7-2/h6-9,11-15H,1-5,10H2/b14-11-,15-12-,17-13+,19-18-. The molecule has 0 aromatic rings. The van der Waals surface area contributed by atoms with E-state index in [1.165, 1.54) is 11.8 Å². The molecule has 0 N–H and O–H groups in total. The van der Waals surface area contributed by atoms with Crippen molar-refractivity contribution in [2.45, 2.75) is 6.42 Å². The van der Waals surface area contributed by atoms with Gasteiger partial charge in [-0.1, -0.05) is 80.6 Å². The minimum absolute atomic E-state index is 0.779. The Labute approximate surface area is 126 Å². The first-order valence-corrected chi connectivity index (χ1v) is 7.02. The normalized spacial score (nSPS) is 12.6. The second-order valence-corrected chi connectivity index (χ2v) is 4.61. The van der Waals surface area contributed by atoms with Crippen molar-refractivity contribution >= 4 is 17.5 Å². The summed E-state index contributed by atoms with van der Waals surface area (Å²) in [5, 5.41) is 1.73. The van der Waals surface area contributed by atoms with Crippen molar-refractivity contribution in [2.75, 3.05) is 0 Å². The summed E-state index contributed by atoms with van der Waals surface area (Å²) in [6, 6.07) is 0. The van der Waals surface area contributed by atoms with Gasteiger partial charge in [0.2, 0.25) is 0 Å². The van der Waals surface area contributed by atoms with Crippen LogP contribution in [0.2, 0.25) is 0 Å². The van der Waals surface area contributed by atoms with Crippen LogP contribution in [0.5, 0.6) is 0 Å². The first-order chi connectivity index (χ1) is 9.71. The lowest BCUT2D eigenvalue weighted by atomic mass is 10.1. The SMILES string of the molecule is C=C\C=C/C(=C\C=C)C(=N\C=C/CC=C)/C(=C)SC=C. The quantitative estimate of drug-likeness (QED) is 0.282. The molecule has 2 heteroatoms. The van der Waals surface area contributed by atoms with E-state index in [0.29, 0.717) is 0 Å². The molecule has 0 aliphatic rings. The fourth-order valence-corrected chi connectivity index (χ4v) is 1.74. The van der Waals surface area contributed by atoms with Gasteiger partial charge in [0.05, 0.1) is 5.71 Å². The second kappa shape index (κ2) is 12.0. The van der Waals surface area contributed by atoms with Crippen molar-refractivity contribution in [3.63, 3.8) is 0 Å². The number of aliphatic imine (C=N–C) groups is 1. The highest BCUT2D eigenvalue weighted by Crippen LogP contribution is 2.21. The largest absolute Gasteiger partial charge is 0.255 e. The fourth-order valence-electron chi connectivity index (χ4n) is 1.26. The molecule has 0 saturated heterocycles. The molecule has 0 aromatic heterocycles. The molecule has 0 radical (unpaired) electrons. The van der Waals surface area contributed by atoms with Crippen LogP contribution in [0, 0.1) is 0 Å². The third kappa shape index (κ3) is 7.39. The molecule has 1 nitrogen and oxygen atoms in total. The zero-order valence-electron chi connectivity index (χ0n) is 11.8. The van der Waals surface area contributed by atoms with E-state index in [1.54, 1.807) is 23.8 Å². The number of hydrogen-bond acceptors (Lipinski definition) is 2. The summed E-state index contributed by atoms with van der Waals surface area (Å²) in [5.41, 5.74) is 1.70. The van der Waals surface area contributed by atoms with Crippen molar-refractivity contribution in [3.05, 3.63) is 97.5 Å². The van der Waals surface area contributed by atoms with Crippen molar-refractivity contribution in [1.29, 1.82) is 0 Å². The topological polar surface area (TPSA) is 12.4 Å². The van der Waals surface area contributed by atoms with Crippen LogP contribution in [0.25, 0.3) is 0 Å². The number of allylic oxidation sites excluding steroid dienone is 9. The molecule has 0 fully saturated rings. The van der Waals surface area contributed by atoms with Gasteiger partial charge in [0.1, 0.15) is 0 Å². The van der Waals surface area contributed by atoms with Gasteiger partial charge in [-0.05, 0) is 11.8 Å². The lowest BCUT2D eigenvalue weighted by Gasteiger charge is -2.07. The Kier molecular flexibility index (Phi) is 10.8. The predicted molar refractivity (Wildman–Crippen MR) is 95.9 cm³/mol. The molecule has 0 heterocycles. The third-order valence-electron chi connectivity index (χ3n) is 2.08. The van der Waals surface area contributed by atoms with E-state index in [2.05, 4.69) is 37.9 Å². The summed E-state index contributed by atoms with van der Waals surface area (Å²) in [5.74, 6) is 0. The van der Waals surface area contributed by atoms with Crippen LogP contribution in [0.1, 0.15) is 6.42 Å². The molecule has 0 aromatic carbocycles. The summed E-state index contributed by atoms with van der Waals surface area (Å²) < 4.78 is 0. The van der Waals surface area contributed by atoms with Gasteiger partial charge in [-0.25, -0.2) is 0 Å². The van der Waals surface area contributed by atoms with E-state index < -0.39 is 0 Å². The average molecular weight is 283 g/mol. The Balaban J connectivity index is 5.50. The van der Waals surface area contributed by atoms with Crippen LogP contribution in [-0.2, 0) is 0 Å². The predicted octanol–water partition coefficient (Wildman–Crippen LogP) is 5.76. The summed E-state index contributed by atoms with van der Waals surface area (Å²) in [4.78, 5) is 5.29. The van der Waals surface area contributed by atoms with Gasteiger partial charge in [-0.2, -0.15) is 0 Å². The summed E-state index contributed by atoms with van der Waals surface area (Å²) >= 11 is 1.44. The smallest absolute Gasteiger partial charge is 0.0834 e. The Bertz CT molecular complexity index is 488. The van der Waals surface area contributed by atoms with Gasteiger partial charge < -0.3 is 0 Å². The summed E-state index contributed by atoms with van der Waals surface area (Å²) in [6.07, 6.45) is 15.4. The number of hydrogen-bond donors (Lipinski definition) is 0. The van der Waals surface area contributed by atoms with Crippen LogP contribution < -0.4 is 0 Å². The minimum atomic E-state index is 0.779. The highest BCUT2D eigenvalue weighted by molar-refractivity contribution is 8.06. The van der Waals surface area contributed by atoms with Crippen LogP contribution in [0.4, 0.5) is 0 Å². The number of nitrogens with zero attached hydrogens (tertiary/aromatic N) is 1. The lowest BCUT2D eigenvalue weighted by Crippen LogP contribution is -2.01. The maximum absolute atomic E-state index is 4.47. The van der Waals surface area contributed by atoms with Crippen molar-refractivity contribution in [2.24, 2.45) is 4.99 Å².